The Morgan fingerprint density at radius 2 is 2.05 bits per heavy atom. The molecule has 0 saturated carbocycles. The number of nitrogens with zero attached hydrogens (tertiary/aromatic N) is 3. The van der Waals surface area contributed by atoms with E-state index in [0.717, 1.165) is 37.9 Å². The van der Waals surface area contributed by atoms with Gasteiger partial charge < -0.3 is 4.74 Å². The van der Waals surface area contributed by atoms with Gasteiger partial charge in [-0.25, -0.2) is 9.48 Å². The molecule has 0 spiro atoms. The molecule has 0 aromatic carbocycles. The zero-order valence-corrected chi connectivity index (χ0v) is 12.5. The first kappa shape index (κ1) is 15.7. The lowest BCUT2D eigenvalue weighted by Crippen LogP contribution is -2.14. The maximum atomic E-state index is 11.8. The van der Waals surface area contributed by atoms with E-state index in [1.807, 2.05) is 4.68 Å². The van der Waals surface area contributed by atoms with Gasteiger partial charge in [0, 0.05) is 6.54 Å². The van der Waals surface area contributed by atoms with E-state index in [2.05, 4.69) is 31.1 Å². The number of hydrogen-bond acceptors (Lipinski definition) is 4. The van der Waals surface area contributed by atoms with Gasteiger partial charge in [-0.05, 0) is 25.7 Å². The van der Waals surface area contributed by atoms with Crippen LogP contribution in [0.3, 0.4) is 0 Å². The predicted octanol–water partition coefficient (Wildman–Crippen LogP) is 2.84. The second-order valence-electron chi connectivity index (χ2n) is 4.93. The maximum Gasteiger partial charge on any atom is 0.360 e. The average molecular weight is 267 g/mol. The summed E-state index contributed by atoms with van der Waals surface area (Å²) in [5.41, 5.74) is 1.29. The quantitative estimate of drug-likeness (QED) is 0.680. The summed E-state index contributed by atoms with van der Waals surface area (Å²) in [6, 6.07) is 0. The Hall–Kier alpha value is -1.39. The van der Waals surface area contributed by atoms with Crippen LogP contribution in [-0.2, 0) is 17.7 Å². The fourth-order valence-corrected chi connectivity index (χ4v) is 2.20. The fourth-order valence-electron chi connectivity index (χ4n) is 2.20. The molecular weight excluding hydrogens is 242 g/mol. The predicted molar refractivity (Wildman–Crippen MR) is 74.0 cm³/mol. The molecule has 108 valence electrons. The van der Waals surface area contributed by atoms with Crippen LogP contribution in [0.15, 0.2) is 0 Å². The van der Waals surface area contributed by atoms with Crippen LogP contribution in [0.5, 0.6) is 0 Å². The Morgan fingerprint density at radius 3 is 2.63 bits per heavy atom. The smallest absolute Gasteiger partial charge is 0.360 e. The van der Waals surface area contributed by atoms with Crippen LogP contribution in [0.2, 0.25) is 0 Å². The zero-order valence-electron chi connectivity index (χ0n) is 12.5. The minimum absolute atomic E-state index is 0.361. The van der Waals surface area contributed by atoms with E-state index in [9.17, 15) is 4.79 Å². The first-order valence-corrected chi connectivity index (χ1v) is 7.23. The first-order valence-electron chi connectivity index (χ1n) is 7.23. The van der Waals surface area contributed by atoms with Crippen molar-refractivity contribution in [2.45, 2.75) is 59.9 Å². The van der Waals surface area contributed by atoms with Crippen LogP contribution in [0.1, 0.15) is 63.1 Å². The third kappa shape index (κ3) is 4.33. The number of carbonyl (C=O) groups is 1. The SMILES string of the molecule is CCCc1c(C(=O)OCC)nnn1CC(C)CCC. The lowest BCUT2D eigenvalue weighted by Gasteiger charge is -2.12. The van der Waals surface area contributed by atoms with Crippen LogP contribution in [-0.4, -0.2) is 27.6 Å². The normalized spacial score (nSPS) is 12.4. The number of ether oxygens (including phenoxy) is 1. The molecule has 0 radical (unpaired) electrons. The van der Waals surface area contributed by atoms with Gasteiger partial charge in [-0.15, -0.1) is 5.10 Å². The summed E-state index contributed by atoms with van der Waals surface area (Å²) in [4.78, 5) is 11.8. The van der Waals surface area contributed by atoms with Crippen molar-refractivity contribution in [3.63, 3.8) is 0 Å². The van der Waals surface area contributed by atoms with E-state index in [1.165, 1.54) is 0 Å². The van der Waals surface area contributed by atoms with Gasteiger partial charge in [0.15, 0.2) is 5.69 Å². The number of aromatic nitrogens is 3. The summed E-state index contributed by atoms with van der Waals surface area (Å²) in [6.07, 6.45) is 4.08. The molecule has 1 heterocycles. The highest BCUT2D eigenvalue weighted by Crippen LogP contribution is 2.14. The average Bonchev–Trinajstić information content (AvgIpc) is 2.74. The summed E-state index contributed by atoms with van der Waals surface area (Å²) in [5, 5.41) is 8.13. The second kappa shape index (κ2) is 7.92. The standard InChI is InChI=1S/C14H25N3O2/c1-5-8-11(4)10-17-12(9-6-2)13(15-16-17)14(18)19-7-3/h11H,5-10H2,1-4H3. The molecule has 0 aliphatic heterocycles. The van der Waals surface area contributed by atoms with Crippen molar-refractivity contribution in [2.75, 3.05) is 6.61 Å². The van der Waals surface area contributed by atoms with Crippen LogP contribution >= 0.6 is 0 Å². The van der Waals surface area contributed by atoms with E-state index in [-0.39, 0.29) is 5.97 Å². The summed E-state index contributed by atoms with van der Waals surface area (Å²) in [6.45, 7) is 9.44. The third-order valence-electron chi connectivity index (χ3n) is 3.06. The molecular formula is C14H25N3O2. The second-order valence-corrected chi connectivity index (χ2v) is 4.93. The molecule has 0 fully saturated rings. The number of rotatable bonds is 8. The lowest BCUT2D eigenvalue weighted by molar-refractivity contribution is 0.0518. The molecule has 0 amide bonds. The van der Waals surface area contributed by atoms with Crippen LogP contribution in [0, 0.1) is 5.92 Å². The molecule has 1 aromatic heterocycles. The van der Waals surface area contributed by atoms with E-state index in [0.29, 0.717) is 18.2 Å². The lowest BCUT2D eigenvalue weighted by atomic mass is 10.1. The molecule has 1 atom stereocenters. The summed E-state index contributed by atoms with van der Waals surface area (Å²) >= 11 is 0. The molecule has 19 heavy (non-hydrogen) atoms. The number of carbonyl (C=O) groups excluding carboxylic acids is 1. The molecule has 0 N–H and O–H groups in total. The van der Waals surface area contributed by atoms with Gasteiger partial charge in [0.25, 0.3) is 0 Å². The summed E-state index contributed by atoms with van der Waals surface area (Å²) < 4.78 is 6.90. The van der Waals surface area contributed by atoms with Crippen molar-refractivity contribution >= 4 is 5.97 Å². The van der Waals surface area contributed by atoms with E-state index in [4.69, 9.17) is 4.74 Å². The minimum atomic E-state index is -0.361. The third-order valence-corrected chi connectivity index (χ3v) is 3.06. The molecule has 0 aliphatic carbocycles. The van der Waals surface area contributed by atoms with Crippen molar-refractivity contribution in [1.82, 2.24) is 15.0 Å². The molecule has 1 aromatic rings. The van der Waals surface area contributed by atoms with Crippen molar-refractivity contribution < 1.29 is 9.53 Å². The highest BCUT2D eigenvalue weighted by molar-refractivity contribution is 5.88. The molecule has 0 bridgehead atoms. The fraction of sp³-hybridized carbons (Fsp3) is 0.786. The van der Waals surface area contributed by atoms with Gasteiger partial charge in [0.2, 0.25) is 0 Å². The van der Waals surface area contributed by atoms with Gasteiger partial charge in [-0.3, -0.25) is 0 Å². The van der Waals surface area contributed by atoms with Crippen LogP contribution < -0.4 is 0 Å². The monoisotopic (exact) mass is 267 g/mol. The summed E-state index contributed by atoms with van der Waals surface area (Å²) in [5.74, 6) is 0.178. The molecule has 1 unspecified atom stereocenters. The van der Waals surface area contributed by atoms with E-state index >= 15 is 0 Å². The summed E-state index contributed by atoms with van der Waals surface area (Å²) in [7, 11) is 0. The highest BCUT2D eigenvalue weighted by atomic mass is 16.5. The Bertz CT molecular complexity index is 401. The highest BCUT2D eigenvalue weighted by Gasteiger charge is 2.20. The molecule has 5 nitrogen and oxygen atoms in total. The van der Waals surface area contributed by atoms with Crippen molar-refractivity contribution in [2.24, 2.45) is 5.92 Å². The first-order chi connectivity index (χ1) is 9.13. The number of esters is 1. The van der Waals surface area contributed by atoms with Gasteiger partial charge >= 0.3 is 5.97 Å². The van der Waals surface area contributed by atoms with Crippen molar-refractivity contribution in [3.8, 4) is 0 Å². The van der Waals surface area contributed by atoms with E-state index in [1.54, 1.807) is 6.92 Å². The molecule has 0 aliphatic rings. The zero-order chi connectivity index (χ0) is 14.3. The Labute approximate surface area is 115 Å². The van der Waals surface area contributed by atoms with Gasteiger partial charge in [-0.2, -0.15) is 0 Å². The maximum absolute atomic E-state index is 11.8. The molecule has 5 heteroatoms. The Balaban J connectivity index is 2.89. The van der Waals surface area contributed by atoms with Gasteiger partial charge in [0.1, 0.15) is 0 Å². The Morgan fingerprint density at radius 1 is 1.32 bits per heavy atom. The Kier molecular flexibility index (Phi) is 6.53. The van der Waals surface area contributed by atoms with Crippen LogP contribution in [0.4, 0.5) is 0 Å². The largest absolute Gasteiger partial charge is 0.461 e. The number of hydrogen-bond donors (Lipinski definition) is 0. The van der Waals surface area contributed by atoms with Crippen LogP contribution in [0.25, 0.3) is 0 Å². The van der Waals surface area contributed by atoms with Gasteiger partial charge in [-0.1, -0.05) is 38.8 Å². The molecule has 1 rings (SSSR count). The topological polar surface area (TPSA) is 57.0 Å². The van der Waals surface area contributed by atoms with Crippen molar-refractivity contribution in [1.29, 1.82) is 0 Å². The minimum Gasteiger partial charge on any atom is -0.461 e. The van der Waals surface area contributed by atoms with E-state index < -0.39 is 0 Å². The van der Waals surface area contributed by atoms with Crippen molar-refractivity contribution in [3.05, 3.63) is 11.4 Å². The molecule has 0 saturated heterocycles. The van der Waals surface area contributed by atoms with Gasteiger partial charge in [0.05, 0.1) is 12.3 Å².